The molecule has 7 heteroatoms. The highest BCUT2D eigenvalue weighted by molar-refractivity contribution is 7.99. The first-order valence-electron chi connectivity index (χ1n) is 6.59. The first-order chi connectivity index (χ1) is 9.05. The van der Waals surface area contributed by atoms with E-state index in [-0.39, 0.29) is 23.4 Å². The second-order valence-electron chi connectivity index (χ2n) is 5.00. The minimum absolute atomic E-state index is 0.0136. The molecule has 0 N–H and O–H groups in total. The van der Waals surface area contributed by atoms with Crippen LogP contribution in [0, 0.1) is 0 Å². The summed E-state index contributed by atoms with van der Waals surface area (Å²) in [6, 6.07) is 0. The van der Waals surface area contributed by atoms with Crippen LogP contribution in [0.1, 0.15) is 25.7 Å². The normalized spacial score (nSPS) is 39.1. The molecule has 2 heterocycles. The molecule has 112 valence electrons. The molecule has 5 nitrogen and oxygen atoms in total. The van der Waals surface area contributed by atoms with Crippen LogP contribution in [0.2, 0.25) is 0 Å². The van der Waals surface area contributed by atoms with Gasteiger partial charge in [0.05, 0.1) is 18.0 Å². The Morgan fingerprint density at radius 1 is 1.05 bits per heavy atom. The highest BCUT2D eigenvalue weighted by atomic mass is 32.2. The van der Waals surface area contributed by atoms with Crippen LogP contribution in [0.3, 0.4) is 0 Å². The number of hydrogen-bond acceptors (Lipinski definition) is 6. The van der Waals surface area contributed by atoms with Crippen molar-refractivity contribution >= 4 is 21.6 Å². The molecule has 0 bridgehead atoms. The summed E-state index contributed by atoms with van der Waals surface area (Å²) in [5, 5.41) is 0. The van der Waals surface area contributed by atoms with Crippen molar-refractivity contribution in [1.82, 2.24) is 0 Å². The standard InChI is InChI=1S/C12H22O5S2/c1-15-9-3-5-18-11(7-9)17-12-8-10(16-2)4-6-19(12,13)14/h9-12H,3-8H2,1-2H3. The van der Waals surface area contributed by atoms with E-state index in [9.17, 15) is 8.42 Å². The van der Waals surface area contributed by atoms with Crippen molar-refractivity contribution in [3.8, 4) is 0 Å². The Morgan fingerprint density at radius 3 is 2.42 bits per heavy atom. The van der Waals surface area contributed by atoms with Gasteiger partial charge in [-0.3, -0.25) is 0 Å². The van der Waals surface area contributed by atoms with Gasteiger partial charge in [0.25, 0.3) is 0 Å². The molecule has 2 fully saturated rings. The van der Waals surface area contributed by atoms with Gasteiger partial charge >= 0.3 is 0 Å². The van der Waals surface area contributed by atoms with Crippen LogP contribution in [-0.2, 0) is 24.0 Å². The molecule has 4 unspecified atom stereocenters. The van der Waals surface area contributed by atoms with Gasteiger partial charge in [0.15, 0.2) is 15.3 Å². The molecular formula is C12H22O5S2. The molecule has 2 aliphatic rings. The predicted octanol–water partition coefficient (Wildman–Crippen LogP) is 1.42. The first kappa shape index (κ1) is 15.6. The quantitative estimate of drug-likeness (QED) is 0.782. The number of hydrogen-bond donors (Lipinski definition) is 0. The van der Waals surface area contributed by atoms with E-state index < -0.39 is 15.3 Å². The third kappa shape index (κ3) is 4.07. The molecule has 0 amide bonds. The largest absolute Gasteiger partial charge is 0.381 e. The molecule has 0 saturated carbocycles. The zero-order chi connectivity index (χ0) is 13.9. The highest BCUT2D eigenvalue weighted by Gasteiger charge is 2.37. The molecule has 0 spiro atoms. The first-order valence-corrected chi connectivity index (χ1v) is 9.36. The van der Waals surface area contributed by atoms with Gasteiger partial charge in [-0.1, -0.05) is 0 Å². The van der Waals surface area contributed by atoms with Crippen LogP contribution in [0.5, 0.6) is 0 Å². The van der Waals surface area contributed by atoms with Crippen molar-refractivity contribution in [1.29, 1.82) is 0 Å². The van der Waals surface area contributed by atoms with E-state index in [2.05, 4.69) is 0 Å². The van der Waals surface area contributed by atoms with Crippen LogP contribution in [0.25, 0.3) is 0 Å². The van der Waals surface area contributed by atoms with Crippen molar-refractivity contribution < 1.29 is 22.6 Å². The lowest BCUT2D eigenvalue weighted by molar-refractivity contribution is -0.00805. The van der Waals surface area contributed by atoms with E-state index in [1.165, 1.54) is 0 Å². The Hall–Kier alpha value is 0.180. The van der Waals surface area contributed by atoms with Crippen molar-refractivity contribution in [2.45, 2.75) is 48.8 Å². The molecule has 2 aliphatic heterocycles. The smallest absolute Gasteiger partial charge is 0.177 e. The summed E-state index contributed by atoms with van der Waals surface area (Å²) in [5.41, 5.74) is -0.812. The van der Waals surface area contributed by atoms with Gasteiger partial charge in [0.2, 0.25) is 0 Å². The molecule has 0 aliphatic carbocycles. The van der Waals surface area contributed by atoms with Crippen LogP contribution in [-0.4, -0.2) is 57.2 Å². The fourth-order valence-electron chi connectivity index (χ4n) is 2.47. The highest BCUT2D eigenvalue weighted by Crippen LogP contribution is 2.32. The van der Waals surface area contributed by atoms with E-state index >= 15 is 0 Å². The number of methoxy groups -OCH3 is 2. The van der Waals surface area contributed by atoms with Crippen LogP contribution >= 0.6 is 11.8 Å². The monoisotopic (exact) mass is 310 g/mol. The summed E-state index contributed by atoms with van der Waals surface area (Å²) in [7, 11) is 0.165. The summed E-state index contributed by atoms with van der Waals surface area (Å²) >= 11 is 1.68. The van der Waals surface area contributed by atoms with E-state index in [4.69, 9.17) is 14.2 Å². The Balaban J connectivity index is 1.95. The minimum Gasteiger partial charge on any atom is -0.381 e. The van der Waals surface area contributed by atoms with Crippen molar-refractivity contribution in [3.63, 3.8) is 0 Å². The topological polar surface area (TPSA) is 61.8 Å². The molecule has 19 heavy (non-hydrogen) atoms. The fraction of sp³-hybridized carbons (Fsp3) is 1.00. The number of thioether (sulfide) groups is 1. The average molecular weight is 310 g/mol. The molecule has 2 rings (SSSR count). The SMILES string of the molecule is COC1CCSC(OC2CC(OC)CCS2(=O)=O)C1. The molecule has 0 aromatic rings. The molecule has 0 aromatic carbocycles. The number of sulfone groups is 1. The Bertz CT molecular complexity index is 384. The zero-order valence-electron chi connectivity index (χ0n) is 11.4. The van der Waals surface area contributed by atoms with Crippen LogP contribution in [0.15, 0.2) is 0 Å². The number of ether oxygens (including phenoxy) is 3. The van der Waals surface area contributed by atoms with Gasteiger partial charge < -0.3 is 14.2 Å². The van der Waals surface area contributed by atoms with Gasteiger partial charge in [0.1, 0.15) is 5.44 Å². The van der Waals surface area contributed by atoms with Gasteiger partial charge in [-0.2, -0.15) is 0 Å². The average Bonchev–Trinajstić information content (AvgIpc) is 2.41. The lowest BCUT2D eigenvalue weighted by Crippen LogP contribution is -2.41. The summed E-state index contributed by atoms with van der Waals surface area (Å²) in [4.78, 5) is 0. The third-order valence-corrected chi connectivity index (χ3v) is 6.81. The summed E-state index contributed by atoms with van der Waals surface area (Å²) in [6.45, 7) is 0. The van der Waals surface area contributed by atoms with Crippen LogP contribution < -0.4 is 0 Å². The Labute approximate surface area is 119 Å². The Morgan fingerprint density at radius 2 is 1.74 bits per heavy atom. The molecule has 0 aromatic heterocycles. The van der Waals surface area contributed by atoms with E-state index in [1.807, 2.05) is 0 Å². The van der Waals surface area contributed by atoms with Gasteiger partial charge in [-0.25, -0.2) is 8.42 Å². The summed E-state index contributed by atoms with van der Waals surface area (Å²) in [5.74, 6) is 1.10. The maximum absolute atomic E-state index is 12.0. The van der Waals surface area contributed by atoms with E-state index in [1.54, 1.807) is 26.0 Å². The zero-order valence-corrected chi connectivity index (χ0v) is 13.0. The van der Waals surface area contributed by atoms with Crippen molar-refractivity contribution in [2.75, 3.05) is 25.7 Å². The van der Waals surface area contributed by atoms with Gasteiger partial charge in [-0.15, -0.1) is 11.8 Å². The van der Waals surface area contributed by atoms with E-state index in [0.717, 1.165) is 18.6 Å². The van der Waals surface area contributed by atoms with Crippen molar-refractivity contribution in [2.24, 2.45) is 0 Å². The molecule has 4 atom stereocenters. The van der Waals surface area contributed by atoms with Gasteiger partial charge in [-0.05, 0) is 18.6 Å². The summed E-state index contributed by atoms with van der Waals surface area (Å²) < 4.78 is 40.5. The van der Waals surface area contributed by atoms with Crippen LogP contribution in [0.4, 0.5) is 0 Å². The fourth-order valence-corrected chi connectivity index (χ4v) is 5.43. The van der Waals surface area contributed by atoms with Gasteiger partial charge in [0, 0.05) is 27.1 Å². The maximum atomic E-state index is 12.0. The number of rotatable bonds is 4. The lowest BCUT2D eigenvalue weighted by Gasteiger charge is -2.34. The Kier molecular flexibility index (Phi) is 5.54. The molecular weight excluding hydrogens is 288 g/mol. The summed E-state index contributed by atoms with van der Waals surface area (Å²) in [6.07, 6.45) is 2.92. The molecule has 0 radical (unpaired) electrons. The third-order valence-electron chi connectivity index (χ3n) is 3.75. The minimum atomic E-state index is -3.15. The molecule has 2 saturated heterocycles. The predicted molar refractivity (Wildman–Crippen MR) is 75.0 cm³/mol. The lowest BCUT2D eigenvalue weighted by atomic mass is 10.2. The second kappa shape index (κ2) is 6.76. The van der Waals surface area contributed by atoms with Crippen molar-refractivity contribution in [3.05, 3.63) is 0 Å². The van der Waals surface area contributed by atoms with E-state index in [0.29, 0.717) is 12.8 Å². The second-order valence-corrected chi connectivity index (χ2v) is 8.52. The maximum Gasteiger partial charge on any atom is 0.177 e.